The Bertz CT molecular complexity index is 1190. The largest absolute Gasteiger partial charge is 0.342 e. The van der Waals surface area contributed by atoms with E-state index in [4.69, 9.17) is 0 Å². The smallest absolute Gasteiger partial charge is 0.106 e. The molecule has 3 aromatic carbocycles. The molecule has 0 saturated heterocycles. The summed E-state index contributed by atoms with van der Waals surface area (Å²) in [5.41, 5.74) is 7.82. The molecule has 130 valence electrons. The molecule has 0 unspecified atom stereocenters. The van der Waals surface area contributed by atoms with Crippen molar-refractivity contribution in [1.82, 2.24) is 14.8 Å². The number of rotatable bonds is 3. The van der Waals surface area contributed by atoms with Gasteiger partial charge < -0.3 is 4.57 Å². The van der Waals surface area contributed by atoms with Crippen molar-refractivity contribution < 1.29 is 0 Å². The van der Waals surface area contributed by atoms with E-state index in [1.807, 2.05) is 18.2 Å². The lowest BCUT2D eigenvalue weighted by Crippen LogP contribution is -2.04. The highest BCUT2D eigenvalue weighted by Crippen LogP contribution is 2.36. The zero-order chi connectivity index (χ0) is 18.2. The van der Waals surface area contributed by atoms with Gasteiger partial charge in [0, 0.05) is 29.3 Å². The molecule has 27 heavy (non-hydrogen) atoms. The summed E-state index contributed by atoms with van der Waals surface area (Å²) in [6, 6.07) is 27.4. The van der Waals surface area contributed by atoms with Gasteiger partial charge >= 0.3 is 0 Å². The average Bonchev–Trinajstić information content (AvgIpc) is 3.14. The second-order valence-electron chi connectivity index (χ2n) is 6.94. The van der Waals surface area contributed by atoms with Crippen molar-refractivity contribution in [3.63, 3.8) is 0 Å². The van der Waals surface area contributed by atoms with Gasteiger partial charge in [0.1, 0.15) is 11.4 Å². The molecule has 0 amide bonds. The van der Waals surface area contributed by atoms with Gasteiger partial charge in [0.25, 0.3) is 0 Å². The zero-order valence-corrected chi connectivity index (χ0v) is 15.1. The van der Waals surface area contributed by atoms with Crippen LogP contribution in [-0.4, -0.2) is 14.8 Å². The van der Waals surface area contributed by atoms with E-state index in [2.05, 4.69) is 88.5 Å². The molecule has 5 rings (SSSR count). The number of nitrogens with zero attached hydrogens (tertiary/aromatic N) is 3. The fourth-order valence-electron chi connectivity index (χ4n) is 3.62. The number of aromatic nitrogens is 3. The third-order valence-electron chi connectivity index (χ3n) is 5.03. The fourth-order valence-corrected chi connectivity index (χ4v) is 3.62. The lowest BCUT2D eigenvalue weighted by Gasteiger charge is -2.15. The fraction of sp³-hybridized carbons (Fsp3) is 0.0833. The minimum atomic E-state index is 0.816. The summed E-state index contributed by atoms with van der Waals surface area (Å²) >= 11 is 0. The molecule has 2 heterocycles. The van der Waals surface area contributed by atoms with Crippen molar-refractivity contribution in [2.45, 2.75) is 13.5 Å². The standard InChI is InChI=1S/C24H19N3/c1-17-11-13-18(14-12-17)15-27-16-21-23(19-7-3-2-4-8-19)25-26-24(21)20-9-5-6-10-22(20)27/h2-14,16H,15H2,1H3. The van der Waals surface area contributed by atoms with Crippen molar-refractivity contribution in [2.75, 3.05) is 0 Å². The first-order chi connectivity index (χ1) is 13.3. The van der Waals surface area contributed by atoms with Crippen LogP contribution in [0.25, 0.3) is 33.4 Å². The Balaban J connectivity index is 1.72. The summed E-state index contributed by atoms with van der Waals surface area (Å²) in [5, 5.41) is 10.2. The maximum absolute atomic E-state index is 4.52. The number of fused-ring (bicyclic) bond motifs is 3. The van der Waals surface area contributed by atoms with Crippen molar-refractivity contribution >= 4 is 10.9 Å². The molecule has 3 nitrogen and oxygen atoms in total. The van der Waals surface area contributed by atoms with Crippen LogP contribution in [0.1, 0.15) is 11.1 Å². The second kappa shape index (κ2) is 6.36. The molecular formula is C24H19N3. The van der Waals surface area contributed by atoms with E-state index in [0.29, 0.717) is 0 Å². The molecule has 0 radical (unpaired) electrons. The second-order valence-corrected chi connectivity index (χ2v) is 6.94. The highest BCUT2D eigenvalue weighted by Gasteiger charge is 2.19. The summed E-state index contributed by atoms with van der Waals surface area (Å²) < 4.78 is 2.30. The van der Waals surface area contributed by atoms with Crippen LogP contribution >= 0.6 is 0 Å². The molecule has 0 fully saturated rings. The monoisotopic (exact) mass is 349 g/mol. The lowest BCUT2D eigenvalue weighted by molar-refractivity contribution is 0.828. The Morgan fingerprint density at radius 3 is 2.26 bits per heavy atom. The van der Waals surface area contributed by atoms with Crippen LogP contribution in [0.2, 0.25) is 0 Å². The molecule has 0 saturated carbocycles. The summed E-state index contributed by atoms with van der Waals surface area (Å²) in [7, 11) is 0. The van der Waals surface area contributed by atoms with Gasteiger partial charge in [-0.2, -0.15) is 0 Å². The highest BCUT2D eigenvalue weighted by molar-refractivity contribution is 5.97. The normalized spacial score (nSPS) is 11.3. The molecule has 0 bridgehead atoms. The van der Waals surface area contributed by atoms with Gasteiger partial charge in [0.2, 0.25) is 0 Å². The third-order valence-corrected chi connectivity index (χ3v) is 5.03. The predicted molar refractivity (Wildman–Crippen MR) is 110 cm³/mol. The Labute approximate surface area is 158 Å². The first-order valence-corrected chi connectivity index (χ1v) is 9.15. The molecule has 0 spiro atoms. The summed E-state index contributed by atoms with van der Waals surface area (Å²) in [6.07, 6.45) is 2.19. The van der Waals surface area contributed by atoms with E-state index >= 15 is 0 Å². The van der Waals surface area contributed by atoms with Crippen LogP contribution in [0.5, 0.6) is 0 Å². The number of pyridine rings is 1. The molecule has 3 heteroatoms. The maximum Gasteiger partial charge on any atom is 0.106 e. The van der Waals surface area contributed by atoms with E-state index in [1.54, 1.807) is 0 Å². The van der Waals surface area contributed by atoms with Crippen LogP contribution in [-0.2, 0) is 6.54 Å². The first-order valence-electron chi connectivity index (χ1n) is 9.15. The van der Waals surface area contributed by atoms with Crippen LogP contribution in [0.15, 0.2) is 85.1 Å². The Kier molecular flexibility index (Phi) is 3.72. The van der Waals surface area contributed by atoms with E-state index in [9.17, 15) is 0 Å². The summed E-state index contributed by atoms with van der Waals surface area (Å²) in [5.74, 6) is 0. The molecular weight excluding hydrogens is 330 g/mol. The molecule has 3 aromatic rings. The number of hydrogen-bond acceptors (Lipinski definition) is 2. The Morgan fingerprint density at radius 2 is 1.44 bits per heavy atom. The number of benzene rings is 3. The van der Waals surface area contributed by atoms with Crippen molar-refractivity contribution in [2.24, 2.45) is 0 Å². The number of hydrogen-bond donors (Lipinski definition) is 0. The average molecular weight is 349 g/mol. The molecule has 0 atom stereocenters. The molecule has 2 aliphatic heterocycles. The Hall–Kier alpha value is -3.46. The Morgan fingerprint density at radius 1 is 0.741 bits per heavy atom. The SMILES string of the molecule is Cc1ccc(Cn2cc3c(-c4ccccc4)nnc-3c3ccccc32)cc1. The van der Waals surface area contributed by atoms with Gasteiger partial charge in [-0.05, 0) is 18.6 Å². The lowest BCUT2D eigenvalue weighted by atomic mass is 10.0. The van der Waals surface area contributed by atoms with Crippen molar-refractivity contribution in [3.05, 3.63) is 96.2 Å². The zero-order valence-electron chi connectivity index (χ0n) is 15.1. The van der Waals surface area contributed by atoms with E-state index in [0.717, 1.165) is 34.4 Å². The van der Waals surface area contributed by atoms with Crippen molar-refractivity contribution in [3.8, 4) is 22.5 Å². The predicted octanol–water partition coefficient (Wildman–Crippen LogP) is 5.56. The van der Waals surface area contributed by atoms with Crippen LogP contribution in [0.3, 0.4) is 0 Å². The van der Waals surface area contributed by atoms with Gasteiger partial charge in [-0.1, -0.05) is 78.4 Å². The highest BCUT2D eigenvalue weighted by atomic mass is 15.1. The van der Waals surface area contributed by atoms with E-state index in [1.165, 1.54) is 16.6 Å². The van der Waals surface area contributed by atoms with Crippen LogP contribution in [0, 0.1) is 6.92 Å². The van der Waals surface area contributed by atoms with Crippen LogP contribution in [0.4, 0.5) is 0 Å². The topological polar surface area (TPSA) is 30.7 Å². The minimum Gasteiger partial charge on any atom is -0.342 e. The summed E-state index contributed by atoms with van der Waals surface area (Å²) in [4.78, 5) is 0. The van der Waals surface area contributed by atoms with Gasteiger partial charge in [0.05, 0.1) is 5.52 Å². The van der Waals surface area contributed by atoms with Crippen LogP contribution < -0.4 is 0 Å². The van der Waals surface area contributed by atoms with E-state index < -0.39 is 0 Å². The molecule has 2 aliphatic rings. The summed E-state index contributed by atoms with van der Waals surface area (Å²) in [6.45, 7) is 2.93. The van der Waals surface area contributed by atoms with Gasteiger partial charge in [-0.25, -0.2) is 0 Å². The third kappa shape index (κ3) is 2.77. The molecule has 0 aromatic heterocycles. The molecule has 0 N–H and O–H groups in total. The van der Waals surface area contributed by atoms with Gasteiger partial charge in [-0.15, -0.1) is 10.2 Å². The molecule has 0 aliphatic carbocycles. The van der Waals surface area contributed by atoms with Gasteiger partial charge in [0.15, 0.2) is 0 Å². The van der Waals surface area contributed by atoms with Gasteiger partial charge in [-0.3, -0.25) is 0 Å². The van der Waals surface area contributed by atoms with E-state index in [-0.39, 0.29) is 0 Å². The first kappa shape index (κ1) is 15.8. The maximum atomic E-state index is 4.52. The number of aryl methyl sites for hydroxylation is 1. The quantitative estimate of drug-likeness (QED) is 0.427. The van der Waals surface area contributed by atoms with Crippen molar-refractivity contribution in [1.29, 1.82) is 0 Å². The number of para-hydroxylation sites is 1. The minimum absolute atomic E-state index is 0.816.